The molecule has 1 amide bonds. The van der Waals surface area contributed by atoms with Crippen molar-refractivity contribution in [3.05, 3.63) is 77.6 Å². The Morgan fingerprint density at radius 2 is 2.10 bits per heavy atom. The highest BCUT2D eigenvalue weighted by Gasteiger charge is 2.21. The molecular weight excluding hydrogens is 434 g/mol. The molecule has 4 rings (SSSR count). The Morgan fingerprint density at radius 3 is 2.86 bits per heavy atom. The van der Waals surface area contributed by atoms with Gasteiger partial charge in [0, 0.05) is 36.1 Å². The standard InChI is InChI=1S/C20H16ClFN4OS.ClH/c21-15-5-6-17-18(12-15)28-20(24-17)26(9-2-8-25-10-7-23-13-25)19(27)14-3-1-4-16(22)11-14;/h1,3-7,10-13H,2,8-9H2;1H. The van der Waals surface area contributed by atoms with Gasteiger partial charge >= 0.3 is 0 Å². The molecule has 2 heterocycles. The van der Waals surface area contributed by atoms with Crippen molar-refractivity contribution in [3.8, 4) is 0 Å². The zero-order valence-electron chi connectivity index (χ0n) is 15.2. The van der Waals surface area contributed by atoms with Gasteiger partial charge in [-0.3, -0.25) is 9.69 Å². The average Bonchev–Trinajstić information content (AvgIpc) is 3.34. The topological polar surface area (TPSA) is 51.0 Å². The van der Waals surface area contributed by atoms with Crippen molar-refractivity contribution in [1.29, 1.82) is 0 Å². The largest absolute Gasteiger partial charge is 0.337 e. The Kier molecular flexibility index (Phi) is 6.84. The first-order chi connectivity index (χ1) is 13.6. The highest BCUT2D eigenvalue weighted by molar-refractivity contribution is 7.22. The average molecular weight is 451 g/mol. The van der Waals surface area contributed by atoms with Crippen LogP contribution < -0.4 is 4.90 Å². The number of fused-ring (bicyclic) bond motifs is 1. The lowest BCUT2D eigenvalue weighted by Crippen LogP contribution is -2.32. The van der Waals surface area contributed by atoms with Gasteiger partial charge in [0.15, 0.2) is 5.13 Å². The second kappa shape index (κ2) is 9.35. The molecule has 2 aromatic carbocycles. The summed E-state index contributed by atoms with van der Waals surface area (Å²) in [6, 6.07) is 11.1. The van der Waals surface area contributed by atoms with E-state index in [9.17, 15) is 9.18 Å². The molecule has 0 spiro atoms. The fraction of sp³-hybridized carbons (Fsp3) is 0.150. The van der Waals surface area contributed by atoms with Crippen LogP contribution in [0.25, 0.3) is 10.2 Å². The van der Waals surface area contributed by atoms with Crippen molar-refractivity contribution in [2.75, 3.05) is 11.4 Å². The summed E-state index contributed by atoms with van der Waals surface area (Å²) in [5, 5.41) is 1.18. The van der Waals surface area contributed by atoms with Gasteiger partial charge in [-0.1, -0.05) is 29.0 Å². The smallest absolute Gasteiger partial charge is 0.260 e. The van der Waals surface area contributed by atoms with E-state index in [1.165, 1.54) is 29.5 Å². The summed E-state index contributed by atoms with van der Waals surface area (Å²) in [6.45, 7) is 1.16. The quantitative estimate of drug-likeness (QED) is 0.392. The van der Waals surface area contributed by atoms with Gasteiger partial charge in [-0.15, -0.1) is 12.4 Å². The van der Waals surface area contributed by atoms with E-state index in [1.54, 1.807) is 29.6 Å². The van der Waals surface area contributed by atoms with Crippen LogP contribution in [0.4, 0.5) is 9.52 Å². The lowest BCUT2D eigenvalue weighted by atomic mass is 10.2. The molecule has 2 aromatic heterocycles. The number of aromatic nitrogens is 3. The third kappa shape index (κ3) is 4.93. The molecule has 0 aliphatic heterocycles. The van der Waals surface area contributed by atoms with Crippen LogP contribution in [0.1, 0.15) is 16.8 Å². The van der Waals surface area contributed by atoms with E-state index in [1.807, 2.05) is 22.9 Å². The minimum atomic E-state index is -0.444. The molecule has 0 unspecified atom stereocenters. The van der Waals surface area contributed by atoms with E-state index in [4.69, 9.17) is 11.6 Å². The molecule has 4 aromatic rings. The number of rotatable bonds is 6. The number of amides is 1. The molecule has 0 saturated heterocycles. The Hall–Kier alpha value is -2.48. The van der Waals surface area contributed by atoms with Crippen LogP contribution >= 0.6 is 35.3 Å². The van der Waals surface area contributed by atoms with Crippen molar-refractivity contribution < 1.29 is 9.18 Å². The summed E-state index contributed by atoms with van der Waals surface area (Å²) in [6.07, 6.45) is 6.03. The highest BCUT2D eigenvalue weighted by atomic mass is 35.5. The van der Waals surface area contributed by atoms with Crippen LogP contribution in [0.3, 0.4) is 0 Å². The number of benzene rings is 2. The van der Waals surface area contributed by atoms with Gasteiger partial charge in [0.05, 0.1) is 16.5 Å². The minimum Gasteiger partial charge on any atom is -0.337 e. The zero-order chi connectivity index (χ0) is 19.5. The van der Waals surface area contributed by atoms with E-state index in [-0.39, 0.29) is 18.3 Å². The van der Waals surface area contributed by atoms with Crippen molar-refractivity contribution in [3.63, 3.8) is 0 Å². The van der Waals surface area contributed by atoms with Gasteiger partial charge in [-0.2, -0.15) is 0 Å². The second-order valence-corrected chi connectivity index (χ2v) is 7.68. The first-order valence-corrected chi connectivity index (χ1v) is 9.89. The number of anilines is 1. The zero-order valence-corrected chi connectivity index (χ0v) is 17.6. The number of nitrogens with zero attached hydrogens (tertiary/aromatic N) is 4. The summed E-state index contributed by atoms with van der Waals surface area (Å²) in [4.78, 5) is 23.3. The lowest BCUT2D eigenvalue weighted by Gasteiger charge is -2.20. The van der Waals surface area contributed by atoms with Crippen LogP contribution in [0.15, 0.2) is 61.2 Å². The van der Waals surface area contributed by atoms with Crippen molar-refractivity contribution >= 4 is 56.6 Å². The van der Waals surface area contributed by atoms with Crippen LogP contribution in [-0.2, 0) is 6.54 Å². The second-order valence-electron chi connectivity index (χ2n) is 6.23. The maximum absolute atomic E-state index is 13.6. The molecule has 5 nitrogen and oxygen atoms in total. The molecule has 0 bridgehead atoms. The summed E-state index contributed by atoms with van der Waals surface area (Å²) in [7, 11) is 0. The van der Waals surface area contributed by atoms with Gasteiger partial charge < -0.3 is 4.57 Å². The molecule has 29 heavy (non-hydrogen) atoms. The van der Waals surface area contributed by atoms with Gasteiger partial charge in [0.25, 0.3) is 5.91 Å². The van der Waals surface area contributed by atoms with Gasteiger partial charge in [0.1, 0.15) is 5.82 Å². The highest BCUT2D eigenvalue weighted by Crippen LogP contribution is 2.31. The number of thiazole rings is 1. The summed E-state index contributed by atoms with van der Waals surface area (Å²) >= 11 is 7.46. The van der Waals surface area contributed by atoms with Crippen LogP contribution in [0.5, 0.6) is 0 Å². The first-order valence-electron chi connectivity index (χ1n) is 8.69. The normalized spacial score (nSPS) is 10.7. The predicted molar refractivity (Wildman–Crippen MR) is 117 cm³/mol. The third-order valence-corrected chi connectivity index (χ3v) is 5.52. The molecule has 0 fully saturated rings. The number of halogens is 3. The van der Waals surface area contributed by atoms with E-state index >= 15 is 0 Å². The monoisotopic (exact) mass is 450 g/mol. The summed E-state index contributed by atoms with van der Waals surface area (Å²) in [5.41, 5.74) is 1.07. The number of aryl methyl sites for hydroxylation is 1. The van der Waals surface area contributed by atoms with Gasteiger partial charge in [-0.05, 0) is 42.8 Å². The predicted octanol–water partition coefficient (Wildman–Crippen LogP) is 5.44. The molecule has 0 atom stereocenters. The summed E-state index contributed by atoms with van der Waals surface area (Å²) in [5.74, 6) is -0.726. The van der Waals surface area contributed by atoms with E-state index < -0.39 is 5.82 Å². The van der Waals surface area contributed by atoms with Crippen molar-refractivity contribution in [2.24, 2.45) is 0 Å². The molecular formula is C20H17Cl2FN4OS. The molecule has 0 saturated carbocycles. The van der Waals surface area contributed by atoms with Gasteiger partial charge in [0.2, 0.25) is 0 Å². The Morgan fingerprint density at radius 1 is 1.24 bits per heavy atom. The molecule has 0 N–H and O–H groups in total. The Bertz CT molecular complexity index is 1120. The molecule has 150 valence electrons. The Balaban J connectivity index is 0.00000240. The molecule has 0 aliphatic carbocycles. The first kappa shape index (κ1) is 21.2. The van der Waals surface area contributed by atoms with Crippen LogP contribution in [0.2, 0.25) is 5.02 Å². The SMILES string of the molecule is Cl.O=C(c1cccc(F)c1)N(CCCn1ccnc1)c1nc2ccc(Cl)cc2s1. The number of imidazole rings is 1. The maximum Gasteiger partial charge on any atom is 0.260 e. The number of carbonyl (C=O) groups is 1. The molecule has 9 heteroatoms. The fourth-order valence-corrected chi connectivity index (χ4v) is 4.16. The third-order valence-electron chi connectivity index (χ3n) is 4.24. The van der Waals surface area contributed by atoms with Crippen molar-refractivity contribution in [1.82, 2.24) is 14.5 Å². The van der Waals surface area contributed by atoms with E-state index in [0.717, 1.165) is 10.2 Å². The molecule has 0 aliphatic rings. The van der Waals surface area contributed by atoms with Gasteiger partial charge in [-0.25, -0.2) is 14.4 Å². The van der Waals surface area contributed by atoms with Crippen molar-refractivity contribution in [2.45, 2.75) is 13.0 Å². The minimum absolute atomic E-state index is 0. The van der Waals surface area contributed by atoms with Crippen LogP contribution in [0, 0.1) is 5.82 Å². The number of hydrogen-bond donors (Lipinski definition) is 0. The summed E-state index contributed by atoms with van der Waals surface area (Å²) < 4.78 is 16.5. The van der Waals surface area contributed by atoms with Crippen LogP contribution in [-0.4, -0.2) is 27.0 Å². The Labute approximate surface area is 182 Å². The van der Waals surface area contributed by atoms with E-state index in [2.05, 4.69) is 9.97 Å². The number of hydrogen-bond acceptors (Lipinski definition) is 4. The fourth-order valence-electron chi connectivity index (χ4n) is 2.89. The number of carbonyl (C=O) groups excluding carboxylic acids is 1. The maximum atomic E-state index is 13.6. The lowest BCUT2D eigenvalue weighted by molar-refractivity contribution is 0.0986. The molecule has 0 radical (unpaired) electrons. The van der Waals surface area contributed by atoms with E-state index in [0.29, 0.717) is 35.2 Å².